The molecule has 1 aromatic rings. The van der Waals surface area contributed by atoms with Crippen LogP contribution in [-0.2, 0) is 6.54 Å². The van der Waals surface area contributed by atoms with E-state index in [1.165, 1.54) is 37.7 Å². The average Bonchev–Trinajstić information content (AvgIpc) is 3.04. The van der Waals surface area contributed by atoms with Gasteiger partial charge < -0.3 is 15.5 Å². The van der Waals surface area contributed by atoms with E-state index in [1.807, 2.05) is 7.05 Å². The van der Waals surface area contributed by atoms with Gasteiger partial charge in [0.05, 0.1) is 0 Å². The Kier molecular flexibility index (Phi) is 7.03. The fourth-order valence-corrected chi connectivity index (χ4v) is 3.52. The molecule has 21 heavy (non-hydrogen) atoms. The molecule has 1 aliphatic carbocycles. The van der Waals surface area contributed by atoms with Gasteiger partial charge in [0.2, 0.25) is 0 Å². The summed E-state index contributed by atoms with van der Waals surface area (Å²) in [6.07, 6.45) is 6.93. The van der Waals surface area contributed by atoms with Crippen molar-refractivity contribution in [3.63, 3.8) is 0 Å². The molecule has 0 radical (unpaired) electrons. The molecule has 0 amide bonds. The third-order valence-corrected chi connectivity index (χ3v) is 4.95. The highest BCUT2D eigenvalue weighted by Gasteiger charge is 2.17. The zero-order valence-electron chi connectivity index (χ0n) is 13.3. The number of thiophene rings is 1. The van der Waals surface area contributed by atoms with E-state index in [-0.39, 0.29) is 0 Å². The second-order valence-corrected chi connectivity index (χ2v) is 6.54. The number of likely N-dealkylation sites (N-methyl/N-ethyl adjacent to an activating group) is 1. The average molecular weight is 308 g/mol. The van der Waals surface area contributed by atoms with Crippen LogP contribution in [0.5, 0.6) is 0 Å². The van der Waals surface area contributed by atoms with E-state index < -0.39 is 0 Å². The van der Waals surface area contributed by atoms with Crippen LogP contribution >= 0.6 is 11.3 Å². The van der Waals surface area contributed by atoms with E-state index in [1.54, 1.807) is 11.3 Å². The molecular weight excluding hydrogens is 280 g/mol. The molecule has 1 heterocycles. The largest absolute Gasteiger partial charge is 0.355 e. The van der Waals surface area contributed by atoms with E-state index >= 15 is 0 Å². The first-order valence-electron chi connectivity index (χ1n) is 7.95. The Balaban J connectivity index is 1.63. The summed E-state index contributed by atoms with van der Waals surface area (Å²) < 4.78 is 0. The van der Waals surface area contributed by atoms with Gasteiger partial charge >= 0.3 is 0 Å². The molecule has 1 fully saturated rings. The lowest BCUT2D eigenvalue weighted by atomic mass is 9.94. The number of nitrogens with one attached hydrogen (secondary N) is 2. The Morgan fingerprint density at radius 3 is 2.81 bits per heavy atom. The molecule has 118 valence electrons. The van der Waals surface area contributed by atoms with Crippen LogP contribution in [0.15, 0.2) is 21.8 Å². The summed E-state index contributed by atoms with van der Waals surface area (Å²) in [5.41, 5.74) is 1.31. The van der Waals surface area contributed by atoms with Crippen LogP contribution in [0.1, 0.15) is 37.7 Å². The maximum absolute atomic E-state index is 4.28. The first-order valence-corrected chi connectivity index (χ1v) is 8.89. The van der Waals surface area contributed by atoms with Gasteiger partial charge in [-0.3, -0.25) is 4.99 Å². The second-order valence-electron chi connectivity index (χ2n) is 5.76. The third-order valence-electron chi connectivity index (χ3n) is 4.22. The van der Waals surface area contributed by atoms with E-state index in [4.69, 9.17) is 0 Å². The van der Waals surface area contributed by atoms with Gasteiger partial charge in [-0.15, -0.1) is 0 Å². The fourth-order valence-electron chi connectivity index (χ4n) is 2.85. The highest BCUT2D eigenvalue weighted by atomic mass is 32.1. The zero-order chi connectivity index (χ0) is 14.9. The molecule has 2 rings (SSSR count). The highest BCUT2D eigenvalue weighted by Crippen LogP contribution is 2.21. The van der Waals surface area contributed by atoms with Crippen molar-refractivity contribution >= 4 is 17.3 Å². The summed E-state index contributed by atoms with van der Waals surface area (Å²) >= 11 is 1.73. The Bertz CT molecular complexity index is 410. The van der Waals surface area contributed by atoms with Crippen LogP contribution in [0.2, 0.25) is 0 Å². The number of guanidine groups is 1. The van der Waals surface area contributed by atoms with Crippen molar-refractivity contribution in [3.8, 4) is 0 Å². The van der Waals surface area contributed by atoms with E-state index in [0.29, 0.717) is 0 Å². The minimum absolute atomic E-state index is 0.779. The molecule has 1 saturated carbocycles. The SMILES string of the molecule is CN=C(NCCN(C)C1CCCCC1)NCc1ccsc1. The Morgan fingerprint density at radius 2 is 2.14 bits per heavy atom. The molecule has 4 nitrogen and oxygen atoms in total. The molecule has 0 spiro atoms. The minimum atomic E-state index is 0.779. The molecule has 1 aliphatic rings. The third kappa shape index (κ3) is 5.67. The van der Waals surface area contributed by atoms with Gasteiger partial charge in [-0.1, -0.05) is 19.3 Å². The van der Waals surface area contributed by atoms with Gasteiger partial charge in [0, 0.05) is 32.7 Å². The van der Waals surface area contributed by atoms with Crippen LogP contribution in [-0.4, -0.2) is 44.1 Å². The van der Waals surface area contributed by atoms with Gasteiger partial charge in [-0.2, -0.15) is 11.3 Å². The quantitative estimate of drug-likeness (QED) is 0.627. The smallest absolute Gasteiger partial charge is 0.191 e. The van der Waals surface area contributed by atoms with Gasteiger partial charge in [-0.05, 0) is 42.3 Å². The molecule has 0 aliphatic heterocycles. The first-order chi connectivity index (χ1) is 10.3. The zero-order valence-corrected chi connectivity index (χ0v) is 14.1. The minimum Gasteiger partial charge on any atom is -0.355 e. The number of rotatable bonds is 6. The summed E-state index contributed by atoms with van der Waals surface area (Å²) in [4.78, 5) is 6.77. The highest BCUT2D eigenvalue weighted by molar-refractivity contribution is 7.07. The van der Waals surface area contributed by atoms with E-state index in [2.05, 4.69) is 44.4 Å². The molecule has 1 aromatic heterocycles. The molecule has 2 N–H and O–H groups in total. The second kappa shape index (κ2) is 9.05. The van der Waals surface area contributed by atoms with Crippen LogP contribution in [0.4, 0.5) is 0 Å². The molecule has 0 unspecified atom stereocenters. The van der Waals surface area contributed by atoms with Crippen molar-refractivity contribution < 1.29 is 0 Å². The van der Waals surface area contributed by atoms with Crippen molar-refractivity contribution in [3.05, 3.63) is 22.4 Å². The Labute approximate surface area is 132 Å². The molecule has 0 aromatic carbocycles. The number of hydrogen-bond donors (Lipinski definition) is 2. The number of nitrogens with zero attached hydrogens (tertiary/aromatic N) is 2. The lowest BCUT2D eigenvalue weighted by Gasteiger charge is -2.31. The number of hydrogen-bond acceptors (Lipinski definition) is 3. The van der Waals surface area contributed by atoms with Gasteiger partial charge in [0.25, 0.3) is 0 Å². The van der Waals surface area contributed by atoms with Crippen molar-refractivity contribution in [2.45, 2.75) is 44.7 Å². The van der Waals surface area contributed by atoms with E-state index in [9.17, 15) is 0 Å². The van der Waals surface area contributed by atoms with Gasteiger partial charge in [0.1, 0.15) is 0 Å². The predicted octanol–water partition coefficient (Wildman–Crippen LogP) is 2.68. The van der Waals surface area contributed by atoms with Crippen molar-refractivity contribution in [1.29, 1.82) is 0 Å². The summed E-state index contributed by atoms with van der Waals surface area (Å²) in [7, 11) is 4.08. The molecule has 5 heteroatoms. The van der Waals surface area contributed by atoms with Crippen LogP contribution < -0.4 is 10.6 Å². The summed E-state index contributed by atoms with van der Waals surface area (Å²) in [5, 5.41) is 11.0. The molecule has 0 saturated heterocycles. The summed E-state index contributed by atoms with van der Waals surface area (Å²) in [6, 6.07) is 2.92. The summed E-state index contributed by atoms with van der Waals surface area (Å²) in [5.74, 6) is 0.887. The first kappa shape index (κ1) is 16.3. The summed E-state index contributed by atoms with van der Waals surface area (Å²) in [6.45, 7) is 2.85. The van der Waals surface area contributed by atoms with E-state index in [0.717, 1.165) is 31.6 Å². The topological polar surface area (TPSA) is 39.7 Å². The molecule has 0 bridgehead atoms. The molecular formula is C16H28N4S. The normalized spacial score (nSPS) is 17.2. The molecule has 0 atom stereocenters. The Hall–Kier alpha value is -1.07. The monoisotopic (exact) mass is 308 g/mol. The van der Waals surface area contributed by atoms with Crippen molar-refractivity contribution in [2.75, 3.05) is 27.2 Å². The Morgan fingerprint density at radius 1 is 1.33 bits per heavy atom. The maximum atomic E-state index is 4.28. The van der Waals surface area contributed by atoms with Gasteiger partial charge in [0.15, 0.2) is 5.96 Å². The predicted molar refractivity (Wildman–Crippen MR) is 92.0 cm³/mol. The van der Waals surface area contributed by atoms with Crippen molar-refractivity contribution in [1.82, 2.24) is 15.5 Å². The maximum Gasteiger partial charge on any atom is 0.191 e. The fraction of sp³-hybridized carbons (Fsp3) is 0.688. The lowest BCUT2D eigenvalue weighted by molar-refractivity contribution is 0.194. The van der Waals surface area contributed by atoms with Crippen LogP contribution in [0, 0.1) is 0 Å². The number of aliphatic imine (C=N–C) groups is 1. The van der Waals surface area contributed by atoms with Crippen LogP contribution in [0.3, 0.4) is 0 Å². The lowest BCUT2D eigenvalue weighted by Crippen LogP contribution is -2.43. The van der Waals surface area contributed by atoms with Crippen molar-refractivity contribution in [2.24, 2.45) is 4.99 Å². The van der Waals surface area contributed by atoms with Gasteiger partial charge in [-0.25, -0.2) is 0 Å². The van der Waals surface area contributed by atoms with Crippen LogP contribution in [0.25, 0.3) is 0 Å². The standard InChI is InChI=1S/C16H28N4S/c1-17-16(19-12-14-8-11-21-13-14)18-9-10-20(2)15-6-4-3-5-7-15/h8,11,13,15H,3-7,9-10,12H2,1-2H3,(H2,17,18,19).